The van der Waals surface area contributed by atoms with Crippen LogP contribution in [0.1, 0.15) is 12.8 Å². The van der Waals surface area contributed by atoms with E-state index in [0.717, 1.165) is 23.7 Å². The average Bonchev–Trinajstić information content (AvgIpc) is 2.60. The smallest absolute Gasteiger partial charge is 1.00 e. The third-order valence-corrected chi connectivity index (χ3v) is 3.46. The van der Waals surface area contributed by atoms with Crippen LogP contribution in [-0.4, -0.2) is 0 Å². The summed E-state index contributed by atoms with van der Waals surface area (Å²) in [6.45, 7) is 0. The molecule has 0 aromatic rings. The zero-order valence-corrected chi connectivity index (χ0v) is 13.7. The maximum absolute atomic E-state index is 2.44. The molecule has 0 saturated heterocycles. The van der Waals surface area contributed by atoms with Gasteiger partial charge < -0.3 is 48.0 Å². The molecule has 13 heavy (non-hydrogen) atoms. The maximum atomic E-state index is 2.44. The first-order valence-electron chi connectivity index (χ1n) is 4.30. The normalized spacial score (nSPS) is 41.8. The second-order valence-electron chi connectivity index (χ2n) is 3.85. The van der Waals surface area contributed by atoms with Crippen LogP contribution in [0.15, 0.2) is 24.3 Å². The third-order valence-electron chi connectivity index (χ3n) is 3.46. The minimum Gasteiger partial charge on any atom is -1.00 e. The molecule has 0 heterocycles. The molecule has 4 atom stereocenters. The van der Waals surface area contributed by atoms with Crippen molar-refractivity contribution in [2.45, 2.75) is 12.8 Å². The van der Waals surface area contributed by atoms with Crippen LogP contribution >= 0.6 is 0 Å². The van der Waals surface area contributed by atoms with Crippen LogP contribution in [0.25, 0.3) is 0 Å². The van der Waals surface area contributed by atoms with Gasteiger partial charge in [0.25, 0.3) is 0 Å². The molecule has 0 aliphatic heterocycles. The van der Waals surface area contributed by atoms with Gasteiger partial charge in [0, 0.05) is 0 Å². The molecular weight excluding hydrogens is 569 g/mol. The van der Waals surface area contributed by atoms with Gasteiger partial charge in [-0.05, 0) is 36.5 Å². The first-order chi connectivity index (χ1) is 4.95. The minimum absolute atomic E-state index is 0. The Bertz CT molecular complexity index is 225. The molecule has 3 rings (SSSR count). The fourth-order valence-corrected chi connectivity index (χ4v) is 2.97. The van der Waals surface area contributed by atoms with E-state index in [-0.39, 0.29) is 69.0 Å². The van der Waals surface area contributed by atoms with Gasteiger partial charge in [0.2, 0.25) is 0 Å². The van der Waals surface area contributed by atoms with Gasteiger partial charge in [-0.2, -0.15) is 0 Å². The fraction of sp³-hybridized carbons (Fsp3) is 0.600. The molecule has 3 aliphatic rings. The summed E-state index contributed by atoms with van der Waals surface area (Å²) in [6, 6.07) is 0. The molecule has 0 nitrogen and oxygen atoms in total. The average molecular weight is 581 g/mol. The molecule has 0 aromatic carbocycles. The molecular formula is C10H12I2Pt. The summed E-state index contributed by atoms with van der Waals surface area (Å²) in [7, 11) is 0. The molecule has 1 fully saturated rings. The molecule has 0 radical (unpaired) electrons. The molecule has 76 valence electrons. The van der Waals surface area contributed by atoms with E-state index in [1.807, 2.05) is 0 Å². The van der Waals surface area contributed by atoms with E-state index in [4.69, 9.17) is 0 Å². The largest absolute Gasteiger partial charge is 2.00 e. The van der Waals surface area contributed by atoms with E-state index in [2.05, 4.69) is 24.3 Å². The Morgan fingerprint density at radius 3 is 2.31 bits per heavy atom. The van der Waals surface area contributed by atoms with Crippen LogP contribution in [0.3, 0.4) is 0 Å². The molecule has 0 amide bonds. The molecule has 2 bridgehead atoms. The van der Waals surface area contributed by atoms with Gasteiger partial charge in [0.05, 0.1) is 0 Å². The number of allylic oxidation sites excluding steroid dienone is 4. The number of halogens is 2. The van der Waals surface area contributed by atoms with Crippen LogP contribution in [-0.2, 0) is 21.1 Å². The van der Waals surface area contributed by atoms with Gasteiger partial charge >= 0.3 is 21.1 Å². The van der Waals surface area contributed by atoms with Crippen molar-refractivity contribution in [1.82, 2.24) is 0 Å². The summed E-state index contributed by atoms with van der Waals surface area (Å²) in [5.74, 6) is 3.82. The van der Waals surface area contributed by atoms with Crippen LogP contribution in [0.4, 0.5) is 0 Å². The number of hydrogen-bond acceptors (Lipinski definition) is 0. The molecule has 0 N–H and O–H groups in total. The Morgan fingerprint density at radius 2 is 1.62 bits per heavy atom. The monoisotopic (exact) mass is 581 g/mol. The predicted octanol–water partition coefficient (Wildman–Crippen LogP) is -3.61. The summed E-state index contributed by atoms with van der Waals surface area (Å²) >= 11 is 0. The Labute approximate surface area is 128 Å². The van der Waals surface area contributed by atoms with Crippen molar-refractivity contribution in [3.05, 3.63) is 24.3 Å². The summed E-state index contributed by atoms with van der Waals surface area (Å²) in [6.07, 6.45) is 12.5. The predicted molar refractivity (Wildman–Crippen MR) is 41.5 cm³/mol. The van der Waals surface area contributed by atoms with E-state index in [1.165, 1.54) is 12.8 Å². The van der Waals surface area contributed by atoms with Crippen LogP contribution in [0, 0.1) is 23.7 Å². The van der Waals surface area contributed by atoms with Gasteiger partial charge in [-0.1, -0.05) is 24.3 Å². The third kappa shape index (κ3) is 2.25. The maximum Gasteiger partial charge on any atom is 2.00 e. The first-order valence-corrected chi connectivity index (χ1v) is 4.30. The van der Waals surface area contributed by atoms with E-state index >= 15 is 0 Å². The van der Waals surface area contributed by atoms with Gasteiger partial charge in [0.15, 0.2) is 0 Å². The molecule has 4 unspecified atom stereocenters. The molecule has 3 heteroatoms. The fourth-order valence-electron chi connectivity index (χ4n) is 2.97. The second kappa shape index (κ2) is 5.64. The number of fused-ring (bicyclic) bond motifs is 5. The van der Waals surface area contributed by atoms with Crippen molar-refractivity contribution in [1.29, 1.82) is 0 Å². The van der Waals surface area contributed by atoms with E-state index in [0.29, 0.717) is 0 Å². The molecule has 1 saturated carbocycles. The minimum atomic E-state index is 0. The number of hydrogen-bond donors (Lipinski definition) is 0. The van der Waals surface area contributed by atoms with Crippen LogP contribution in [0.2, 0.25) is 0 Å². The van der Waals surface area contributed by atoms with Crippen molar-refractivity contribution in [3.8, 4) is 0 Å². The zero-order chi connectivity index (χ0) is 6.55. The second-order valence-corrected chi connectivity index (χ2v) is 3.85. The summed E-state index contributed by atoms with van der Waals surface area (Å²) in [5, 5.41) is 0. The zero-order valence-electron chi connectivity index (χ0n) is 7.11. The molecule has 0 aromatic heterocycles. The Hall–Kier alpha value is 1.63. The summed E-state index contributed by atoms with van der Waals surface area (Å²) in [4.78, 5) is 0. The van der Waals surface area contributed by atoms with Crippen LogP contribution < -0.4 is 48.0 Å². The van der Waals surface area contributed by atoms with Crippen molar-refractivity contribution in [2.75, 3.05) is 0 Å². The van der Waals surface area contributed by atoms with Gasteiger partial charge in [0.1, 0.15) is 0 Å². The van der Waals surface area contributed by atoms with Gasteiger partial charge in [-0.25, -0.2) is 0 Å². The summed E-state index contributed by atoms with van der Waals surface area (Å²) in [5.41, 5.74) is 0. The van der Waals surface area contributed by atoms with Crippen molar-refractivity contribution in [2.24, 2.45) is 23.7 Å². The van der Waals surface area contributed by atoms with Crippen molar-refractivity contribution >= 4 is 0 Å². The van der Waals surface area contributed by atoms with E-state index in [9.17, 15) is 0 Å². The molecule has 0 spiro atoms. The van der Waals surface area contributed by atoms with Crippen LogP contribution in [0.5, 0.6) is 0 Å². The summed E-state index contributed by atoms with van der Waals surface area (Å²) < 4.78 is 0. The Balaban J connectivity index is 0.000000480. The topological polar surface area (TPSA) is 0 Å². The SMILES string of the molecule is C1=CC2C3C=CC(C3)C2C1.[I-].[I-].[Pt+2]. The Morgan fingerprint density at radius 1 is 0.923 bits per heavy atom. The van der Waals surface area contributed by atoms with Crippen molar-refractivity contribution < 1.29 is 69.0 Å². The van der Waals surface area contributed by atoms with E-state index < -0.39 is 0 Å². The number of rotatable bonds is 0. The Kier molecular flexibility index (Phi) is 6.35. The van der Waals surface area contributed by atoms with Gasteiger partial charge in [-0.15, -0.1) is 0 Å². The van der Waals surface area contributed by atoms with E-state index in [1.54, 1.807) is 0 Å². The van der Waals surface area contributed by atoms with Crippen molar-refractivity contribution in [3.63, 3.8) is 0 Å². The standard InChI is InChI=1S/C10H12.2HI.Pt/c1-2-9-7-4-5-8(6-7)10(9)3-1;;;/h1-2,4-5,7-10H,3,6H2;2*1H;/q;;;+2/p-2. The quantitative estimate of drug-likeness (QED) is 0.205. The first kappa shape index (κ1) is 14.6. The molecule has 3 aliphatic carbocycles. The van der Waals surface area contributed by atoms with Gasteiger partial charge in [-0.3, -0.25) is 0 Å².